The maximum absolute atomic E-state index is 3.56. The summed E-state index contributed by atoms with van der Waals surface area (Å²) in [5.41, 5.74) is 1.37. The van der Waals surface area contributed by atoms with Crippen LogP contribution in [-0.4, -0.2) is 31.1 Å². The Balaban J connectivity index is 1.61. The number of hydrogen-bond acceptors (Lipinski definition) is 4. The zero-order valence-electron chi connectivity index (χ0n) is 13.3. The number of nitrogens with one attached hydrogen (secondary N) is 1. The molecule has 0 aliphatic rings. The summed E-state index contributed by atoms with van der Waals surface area (Å²) in [4.78, 5) is 5.21. The van der Waals surface area contributed by atoms with Crippen molar-refractivity contribution in [2.45, 2.75) is 39.3 Å². The summed E-state index contributed by atoms with van der Waals surface area (Å²) >= 11 is 3.67. The fourth-order valence-corrected chi connectivity index (χ4v) is 3.77. The molecular formula is C17H26N2S2. The van der Waals surface area contributed by atoms with Gasteiger partial charge in [0.2, 0.25) is 0 Å². The van der Waals surface area contributed by atoms with Crippen LogP contribution in [0.15, 0.2) is 29.0 Å². The largest absolute Gasteiger partial charge is 0.312 e. The lowest BCUT2D eigenvalue weighted by atomic mass is 10.2. The number of hydrogen-bond donors (Lipinski definition) is 1. The quantitative estimate of drug-likeness (QED) is 0.674. The third-order valence-corrected chi connectivity index (χ3v) is 5.61. The average Bonchev–Trinajstić information content (AvgIpc) is 3.12. The van der Waals surface area contributed by atoms with Gasteiger partial charge in [0, 0.05) is 27.9 Å². The van der Waals surface area contributed by atoms with Crippen molar-refractivity contribution in [3.8, 4) is 10.4 Å². The summed E-state index contributed by atoms with van der Waals surface area (Å²) in [5, 5.41) is 7.96. The second-order valence-corrected chi connectivity index (χ2v) is 7.68. The van der Waals surface area contributed by atoms with Gasteiger partial charge < -0.3 is 10.2 Å². The van der Waals surface area contributed by atoms with Crippen LogP contribution in [0.5, 0.6) is 0 Å². The van der Waals surface area contributed by atoms with Gasteiger partial charge in [0.1, 0.15) is 0 Å². The van der Waals surface area contributed by atoms with Crippen molar-refractivity contribution in [1.29, 1.82) is 0 Å². The molecule has 2 rings (SSSR count). The Morgan fingerprint density at radius 3 is 2.81 bits per heavy atom. The topological polar surface area (TPSA) is 15.3 Å². The Bertz CT molecular complexity index is 503. The molecule has 0 saturated heterocycles. The average molecular weight is 323 g/mol. The molecule has 0 aliphatic heterocycles. The van der Waals surface area contributed by atoms with Crippen molar-refractivity contribution >= 4 is 22.7 Å². The van der Waals surface area contributed by atoms with Gasteiger partial charge in [-0.05, 0) is 69.7 Å². The van der Waals surface area contributed by atoms with Crippen LogP contribution < -0.4 is 5.32 Å². The highest BCUT2D eigenvalue weighted by Gasteiger charge is 2.04. The van der Waals surface area contributed by atoms with E-state index in [0.29, 0.717) is 6.04 Å². The predicted octanol–water partition coefficient (Wildman–Crippen LogP) is 4.69. The molecule has 0 spiro atoms. The van der Waals surface area contributed by atoms with Gasteiger partial charge in [0.15, 0.2) is 0 Å². The molecular weight excluding hydrogens is 296 g/mol. The maximum Gasteiger partial charge on any atom is 0.0351 e. The molecule has 21 heavy (non-hydrogen) atoms. The molecule has 0 aromatic carbocycles. The first-order chi connectivity index (χ1) is 10.2. The Labute approximate surface area is 136 Å². The van der Waals surface area contributed by atoms with Crippen LogP contribution in [0.1, 0.15) is 31.6 Å². The molecule has 0 saturated carbocycles. The van der Waals surface area contributed by atoms with Crippen LogP contribution in [0.3, 0.4) is 0 Å². The van der Waals surface area contributed by atoms with Crippen LogP contribution in [-0.2, 0) is 6.54 Å². The Kier molecular flexibility index (Phi) is 6.90. The first-order valence-electron chi connectivity index (χ1n) is 7.69. The normalized spacial score (nSPS) is 11.7. The van der Waals surface area contributed by atoms with Gasteiger partial charge >= 0.3 is 0 Å². The van der Waals surface area contributed by atoms with Crippen LogP contribution in [0.25, 0.3) is 10.4 Å². The molecule has 0 fully saturated rings. The lowest BCUT2D eigenvalue weighted by Crippen LogP contribution is -2.27. The minimum atomic E-state index is 0.653. The molecule has 4 heteroatoms. The van der Waals surface area contributed by atoms with Crippen LogP contribution in [0.2, 0.25) is 0 Å². The summed E-state index contributed by atoms with van der Waals surface area (Å²) in [6, 6.07) is 7.27. The van der Waals surface area contributed by atoms with Crippen LogP contribution in [0.4, 0.5) is 0 Å². The monoisotopic (exact) mass is 322 g/mol. The smallest absolute Gasteiger partial charge is 0.0351 e. The first-order valence-corrected chi connectivity index (χ1v) is 9.45. The summed E-state index contributed by atoms with van der Waals surface area (Å²) in [7, 11) is 2.20. The highest BCUT2D eigenvalue weighted by atomic mass is 32.1. The molecule has 0 unspecified atom stereocenters. The van der Waals surface area contributed by atoms with E-state index in [1.54, 1.807) is 0 Å². The summed E-state index contributed by atoms with van der Waals surface area (Å²) in [5.74, 6) is 0. The van der Waals surface area contributed by atoms with Gasteiger partial charge in [0.05, 0.1) is 0 Å². The molecule has 2 nitrogen and oxygen atoms in total. The second-order valence-electron chi connectivity index (χ2n) is 5.74. The van der Waals surface area contributed by atoms with Crippen molar-refractivity contribution in [3.63, 3.8) is 0 Å². The van der Waals surface area contributed by atoms with Crippen LogP contribution >= 0.6 is 22.7 Å². The Morgan fingerprint density at radius 1 is 1.24 bits per heavy atom. The number of unbranched alkanes of at least 4 members (excludes halogenated alkanes) is 1. The Morgan fingerprint density at radius 2 is 2.10 bits per heavy atom. The number of nitrogens with zero attached hydrogens (tertiary/aromatic N) is 1. The second kappa shape index (κ2) is 8.69. The van der Waals surface area contributed by atoms with Gasteiger partial charge in [-0.1, -0.05) is 6.07 Å². The van der Waals surface area contributed by atoms with E-state index in [-0.39, 0.29) is 0 Å². The fraction of sp³-hybridized carbons (Fsp3) is 0.529. The van der Waals surface area contributed by atoms with E-state index >= 15 is 0 Å². The molecule has 0 aliphatic carbocycles. The van der Waals surface area contributed by atoms with E-state index in [1.165, 1.54) is 34.7 Å². The standard InChI is InChI=1S/C17H26N2S2/c1-14(2)19(3)9-5-4-8-18-12-16-11-15(13-21-16)17-7-6-10-20-17/h6-7,10-11,13-14,18H,4-5,8-9,12H2,1-3H3. The molecule has 0 amide bonds. The van der Waals surface area contributed by atoms with E-state index < -0.39 is 0 Å². The Hall–Kier alpha value is -0.680. The van der Waals surface area contributed by atoms with Crippen molar-refractivity contribution in [1.82, 2.24) is 10.2 Å². The third kappa shape index (κ3) is 5.55. The van der Waals surface area contributed by atoms with Crippen LogP contribution in [0, 0.1) is 0 Å². The van der Waals surface area contributed by atoms with Crippen molar-refractivity contribution in [2.75, 3.05) is 20.1 Å². The highest BCUT2D eigenvalue weighted by Crippen LogP contribution is 2.29. The molecule has 0 atom stereocenters. The summed E-state index contributed by atoms with van der Waals surface area (Å²) < 4.78 is 0. The first kappa shape index (κ1) is 16.7. The third-order valence-electron chi connectivity index (χ3n) is 3.75. The van der Waals surface area contributed by atoms with Gasteiger partial charge in [-0.2, -0.15) is 0 Å². The van der Waals surface area contributed by atoms with Crippen molar-refractivity contribution in [3.05, 3.63) is 33.8 Å². The van der Waals surface area contributed by atoms with Gasteiger partial charge in [-0.25, -0.2) is 0 Å². The van der Waals surface area contributed by atoms with E-state index in [9.17, 15) is 0 Å². The zero-order chi connectivity index (χ0) is 15.1. The molecule has 2 aromatic rings. The lowest BCUT2D eigenvalue weighted by molar-refractivity contribution is 0.268. The van der Waals surface area contributed by atoms with E-state index in [2.05, 4.69) is 60.1 Å². The summed E-state index contributed by atoms with van der Waals surface area (Å²) in [6.45, 7) is 7.80. The molecule has 0 radical (unpaired) electrons. The van der Waals surface area contributed by atoms with Crippen molar-refractivity contribution < 1.29 is 0 Å². The van der Waals surface area contributed by atoms with E-state index in [4.69, 9.17) is 0 Å². The molecule has 2 heterocycles. The maximum atomic E-state index is 3.56. The van der Waals surface area contributed by atoms with Crippen molar-refractivity contribution in [2.24, 2.45) is 0 Å². The highest BCUT2D eigenvalue weighted by molar-refractivity contribution is 7.14. The van der Waals surface area contributed by atoms with Gasteiger partial charge in [-0.15, -0.1) is 22.7 Å². The molecule has 2 aromatic heterocycles. The molecule has 116 valence electrons. The minimum absolute atomic E-state index is 0.653. The predicted molar refractivity (Wildman–Crippen MR) is 96.3 cm³/mol. The zero-order valence-corrected chi connectivity index (χ0v) is 14.9. The van der Waals surface area contributed by atoms with Gasteiger partial charge in [-0.3, -0.25) is 0 Å². The minimum Gasteiger partial charge on any atom is -0.312 e. The van der Waals surface area contributed by atoms with Gasteiger partial charge in [0.25, 0.3) is 0 Å². The fourth-order valence-electron chi connectivity index (χ4n) is 2.13. The molecule has 1 N–H and O–H groups in total. The molecule has 0 bridgehead atoms. The summed E-state index contributed by atoms with van der Waals surface area (Å²) in [6.07, 6.45) is 2.52. The lowest BCUT2D eigenvalue weighted by Gasteiger charge is -2.20. The number of rotatable bonds is 9. The van der Waals surface area contributed by atoms with E-state index in [1.807, 2.05) is 22.7 Å². The van der Waals surface area contributed by atoms with E-state index in [0.717, 1.165) is 13.1 Å². The SMILES string of the molecule is CC(C)N(C)CCCCNCc1cc(-c2cccs2)cs1. The number of thiophene rings is 2.